The van der Waals surface area contributed by atoms with Gasteiger partial charge in [-0.25, -0.2) is 0 Å². The van der Waals surface area contributed by atoms with E-state index in [1.165, 1.54) is 0 Å². The van der Waals surface area contributed by atoms with E-state index in [4.69, 9.17) is 11.3 Å². The first-order valence-electron chi connectivity index (χ1n) is 18.2. The van der Waals surface area contributed by atoms with Crippen LogP contribution in [0, 0.1) is 22.8 Å². The monoisotopic (exact) mass is 677 g/mol. The Hall–Kier alpha value is -4.56. The summed E-state index contributed by atoms with van der Waals surface area (Å²) >= 11 is 0. The maximum atomic E-state index is 13.6. The molecule has 2 aromatic rings. The largest absolute Gasteiger partial charge is 0.385 e. The maximum Gasteiger partial charge on any atom is 0.253 e. The highest BCUT2D eigenvalue weighted by molar-refractivity contribution is 5.99. The number of nitrogens with one attached hydrogen (secondary N) is 2. The Kier molecular flexibility index (Phi) is 10.4. The maximum absolute atomic E-state index is 13.6. The Bertz CT molecular complexity index is 1640. The molecule has 2 aromatic carbocycles. The first kappa shape index (κ1) is 35.3. The third-order valence-corrected chi connectivity index (χ3v) is 11.6. The van der Waals surface area contributed by atoms with Crippen LogP contribution in [0.15, 0.2) is 59.0 Å². The zero-order chi connectivity index (χ0) is 35.6. The second-order valence-electron chi connectivity index (χ2n) is 14.8. The van der Waals surface area contributed by atoms with Crippen molar-refractivity contribution in [3.8, 4) is 6.07 Å². The fourth-order valence-corrected chi connectivity index (χ4v) is 8.82. The van der Waals surface area contributed by atoms with Crippen LogP contribution in [-0.2, 0) is 18.3 Å². The van der Waals surface area contributed by atoms with E-state index in [2.05, 4.69) is 54.0 Å². The smallest absolute Gasteiger partial charge is 0.253 e. The molecule has 4 aliphatic rings. The molecule has 11 nitrogen and oxygen atoms in total. The summed E-state index contributed by atoms with van der Waals surface area (Å²) < 4.78 is 0. The molecule has 50 heavy (non-hydrogen) atoms. The van der Waals surface area contributed by atoms with Gasteiger partial charge in [0.15, 0.2) is 0 Å². The van der Waals surface area contributed by atoms with Gasteiger partial charge in [0.05, 0.1) is 11.5 Å². The van der Waals surface area contributed by atoms with Crippen LogP contribution in [0.25, 0.3) is 0 Å². The number of fused-ring (bicyclic) bond motifs is 2. The topological polar surface area (TPSA) is 154 Å². The van der Waals surface area contributed by atoms with Gasteiger partial charge in [-0.05, 0) is 118 Å². The Morgan fingerprint density at radius 1 is 1.00 bits per heavy atom. The van der Waals surface area contributed by atoms with Crippen molar-refractivity contribution < 1.29 is 9.59 Å². The van der Waals surface area contributed by atoms with E-state index < -0.39 is 5.41 Å². The summed E-state index contributed by atoms with van der Waals surface area (Å²) in [6.07, 6.45) is 6.65. The number of nitrogens with zero attached hydrogens (tertiary/aromatic N) is 6. The number of nitrogens with two attached hydrogens (primary N) is 1. The lowest BCUT2D eigenvalue weighted by Gasteiger charge is -2.38. The molecule has 0 radical (unpaired) electrons. The summed E-state index contributed by atoms with van der Waals surface area (Å²) in [5, 5.41) is 21.1. The van der Waals surface area contributed by atoms with Gasteiger partial charge in [0.25, 0.3) is 11.8 Å². The molecule has 3 heterocycles. The first-order valence-corrected chi connectivity index (χ1v) is 18.2. The van der Waals surface area contributed by atoms with Crippen LogP contribution in [-0.4, -0.2) is 83.2 Å². The summed E-state index contributed by atoms with van der Waals surface area (Å²) in [5.41, 5.74) is 19.7. The lowest BCUT2D eigenvalue weighted by molar-refractivity contribution is 0.0785. The molecule has 264 valence electrons. The summed E-state index contributed by atoms with van der Waals surface area (Å²) in [4.78, 5) is 33.1. The van der Waals surface area contributed by atoms with Crippen LogP contribution >= 0.6 is 0 Å². The zero-order valence-corrected chi connectivity index (χ0v) is 29.8. The van der Waals surface area contributed by atoms with E-state index in [0.29, 0.717) is 42.9 Å². The Balaban J connectivity index is 1.40. The highest BCUT2D eigenvalue weighted by atomic mass is 16.2. The molecule has 0 saturated carbocycles. The average Bonchev–Trinajstić information content (AvgIpc) is 3.90. The predicted octanol–water partition coefficient (Wildman–Crippen LogP) is 5.35. The molecule has 0 bridgehead atoms. The van der Waals surface area contributed by atoms with Crippen molar-refractivity contribution in [1.29, 1.82) is 10.8 Å². The van der Waals surface area contributed by atoms with Crippen LogP contribution in [0.4, 0.5) is 0 Å². The standard InChI is InChI=1S/C39H51N9O2/c1-25-19-33(23-40)48(28(25)4)27(3)24-43-26(2)22-39(38(41)44-45-42)34-13-11-31(36(49)46-15-5-6-16-46)20-29(34)9-10-30-21-32(12-14-35(30)39)37(50)47-17-7-8-18-47/h11-14,20-21,25-26,28,33,43H,3,5-10,15-19,22,24H2,1-2,4H3,(H3,41,42,44)/t25-,26-,28?,33?/m0/s1. The fourth-order valence-electron chi connectivity index (χ4n) is 8.82. The minimum atomic E-state index is -1.01. The first-order chi connectivity index (χ1) is 24.1. The lowest BCUT2D eigenvalue weighted by atomic mass is 9.67. The third kappa shape index (κ3) is 6.53. The van der Waals surface area contributed by atoms with Gasteiger partial charge in [0, 0.05) is 61.6 Å². The van der Waals surface area contributed by atoms with Gasteiger partial charge in [-0.1, -0.05) is 30.9 Å². The van der Waals surface area contributed by atoms with Gasteiger partial charge in [-0.2, -0.15) is 10.8 Å². The molecule has 3 fully saturated rings. The van der Waals surface area contributed by atoms with E-state index in [9.17, 15) is 14.9 Å². The van der Waals surface area contributed by atoms with Gasteiger partial charge in [0.1, 0.15) is 11.9 Å². The van der Waals surface area contributed by atoms with Gasteiger partial charge in [0.2, 0.25) is 0 Å². The molecule has 6 rings (SSSR count). The van der Waals surface area contributed by atoms with E-state index in [1.54, 1.807) is 0 Å². The molecule has 0 spiro atoms. The van der Waals surface area contributed by atoms with E-state index >= 15 is 0 Å². The number of hydrogen-bond donors (Lipinski definition) is 3. The molecule has 3 aliphatic heterocycles. The summed E-state index contributed by atoms with van der Waals surface area (Å²) in [7, 11) is 0. The Labute approximate surface area is 296 Å². The minimum Gasteiger partial charge on any atom is -0.385 e. The van der Waals surface area contributed by atoms with Crippen molar-refractivity contribution in [3.05, 3.63) is 82.1 Å². The minimum absolute atomic E-state index is 0.0358. The van der Waals surface area contributed by atoms with Crippen molar-refractivity contribution in [2.24, 2.45) is 22.0 Å². The van der Waals surface area contributed by atoms with Crippen LogP contribution in [0.1, 0.15) is 102 Å². The second-order valence-corrected chi connectivity index (χ2v) is 14.8. The molecule has 11 heteroatoms. The lowest BCUT2D eigenvalue weighted by Crippen LogP contribution is -2.48. The quantitative estimate of drug-likeness (QED) is 0.133. The highest BCUT2D eigenvalue weighted by Gasteiger charge is 2.45. The normalized spacial score (nSPS) is 23.5. The fraction of sp³-hybridized carbons (Fsp3) is 0.538. The SMILES string of the molecule is C=C(CN[C@@H](C)CC1(/C(N)=N/N=N)c2ccc(C(=O)N3CCCC3)cc2CCc2cc(C(=O)N3CCCC3)ccc21)N1C(C#N)C[C@H](C)C1C. The molecule has 2 unspecified atom stereocenters. The number of carbonyl (C=O) groups excluding carboxylic acids is 2. The van der Waals surface area contributed by atoms with Gasteiger partial charge in [-0.15, -0.1) is 5.10 Å². The number of rotatable bonds is 10. The number of carbonyl (C=O) groups is 2. The van der Waals surface area contributed by atoms with Crippen molar-refractivity contribution in [2.75, 3.05) is 32.7 Å². The van der Waals surface area contributed by atoms with Crippen LogP contribution in [0.5, 0.6) is 0 Å². The van der Waals surface area contributed by atoms with Crippen LogP contribution in [0.2, 0.25) is 0 Å². The highest BCUT2D eigenvalue weighted by Crippen LogP contribution is 2.44. The van der Waals surface area contributed by atoms with Crippen molar-refractivity contribution >= 4 is 17.6 Å². The number of likely N-dealkylation sites (tertiary alicyclic amines) is 3. The molecular weight excluding hydrogens is 626 g/mol. The number of amides is 2. The summed E-state index contributed by atoms with van der Waals surface area (Å²) in [5.74, 6) is 0.653. The van der Waals surface area contributed by atoms with Gasteiger partial charge < -0.3 is 25.8 Å². The number of aryl methyl sites for hydroxylation is 2. The summed E-state index contributed by atoms with van der Waals surface area (Å²) in [6, 6.07) is 14.2. The molecule has 3 saturated heterocycles. The van der Waals surface area contributed by atoms with Crippen molar-refractivity contribution in [1.82, 2.24) is 20.0 Å². The molecule has 0 aromatic heterocycles. The zero-order valence-electron chi connectivity index (χ0n) is 29.8. The number of benzene rings is 2. The van der Waals surface area contributed by atoms with Gasteiger partial charge >= 0.3 is 0 Å². The number of nitriles is 1. The molecule has 4 N–H and O–H groups in total. The van der Waals surface area contributed by atoms with E-state index in [1.807, 2.05) is 46.2 Å². The summed E-state index contributed by atoms with van der Waals surface area (Å²) in [6.45, 7) is 14.4. The third-order valence-electron chi connectivity index (χ3n) is 11.6. The molecule has 4 atom stereocenters. The predicted molar refractivity (Wildman–Crippen MR) is 194 cm³/mol. The average molecular weight is 678 g/mol. The van der Waals surface area contributed by atoms with Crippen LogP contribution in [0.3, 0.4) is 0 Å². The molecule has 2 amide bonds. The number of amidine groups is 1. The molecule has 1 aliphatic carbocycles. The second kappa shape index (κ2) is 14.7. The Morgan fingerprint density at radius 2 is 1.52 bits per heavy atom. The Morgan fingerprint density at radius 3 is 2.00 bits per heavy atom. The number of hydrogen-bond acceptors (Lipinski definition) is 7. The van der Waals surface area contributed by atoms with E-state index in [0.717, 1.165) is 86.2 Å². The molecular formula is C39H51N9O2. The van der Waals surface area contributed by atoms with Crippen molar-refractivity contribution in [3.63, 3.8) is 0 Å². The van der Waals surface area contributed by atoms with Crippen LogP contribution < -0.4 is 11.1 Å². The van der Waals surface area contributed by atoms with Gasteiger partial charge in [-0.3, -0.25) is 9.59 Å². The van der Waals surface area contributed by atoms with Crippen molar-refractivity contribution in [2.45, 2.75) is 95.7 Å². The van der Waals surface area contributed by atoms with E-state index in [-0.39, 0.29) is 35.8 Å².